The smallest absolute Gasteiger partial charge is 0.0129 e. The Labute approximate surface area is 77.3 Å². The molecule has 0 saturated carbocycles. The third-order valence-corrected chi connectivity index (χ3v) is 1.75. The number of hydrogen-bond donors (Lipinski definition) is 0. The van der Waals surface area contributed by atoms with Gasteiger partial charge in [0.2, 0.25) is 0 Å². The molecular weight excluding hydrogens is 243 g/mol. The monoisotopic (exact) mass is 248 g/mol. The Morgan fingerprint density at radius 3 is 2.00 bits per heavy atom. The first-order chi connectivity index (χ1) is 3.43. The van der Waals surface area contributed by atoms with Crippen molar-refractivity contribution in [2.75, 3.05) is 5.33 Å². The number of allylic oxidation sites excluding steroid dienone is 4. The summed E-state index contributed by atoms with van der Waals surface area (Å²) in [6.45, 7) is 0. The molecule has 0 aliphatic heterocycles. The van der Waals surface area contributed by atoms with E-state index < -0.39 is 0 Å². The Bertz CT molecular complexity index is 95.1. The molecule has 0 aromatic rings. The molecule has 0 bridgehead atoms. The summed E-state index contributed by atoms with van der Waals surface area (Å²) in [4.78, 5) is 0. The van der Waals surface area contributed by atoms with Crippen molar-refractivity contribution < 1.29 is 26.2 Å². The molecule has 0 radical (unpaired) electrons. The molecule has 1 aliphatic carbocycles. The average Bonchev–Trinajstić information content (AvgIpc) is 2.14. The minimum atomic E-state index is 0. The Hall–Kier alpha value is 0.843. The Morgan fingerprint density at radius 1 is 1.25 bits per heavy atom. The second kappa shape index (κ2) is 4.70. The fourth-order valence-corrected chi connectivity index (χ4v) is 1.01. The number of hydrogen-bond acceptors (Lipinski definition) is 0. The van der Waals surface area contributed by atoms with E-state index in [-0.39, 0.29) is 26.2 Å². The van der Waals surface area contributed by atoms with Crippen LogP contribution in [0, 0.1) is 5.92 Å². The van der Waals surface area contributed by atoms with Crippen molar-refractivity contribution in [2.24, 2.45) is 5.92 Å². The summed E-state index contributed by atoms with van der Waals surface area (Å²) in [5.74, 6) is 0.653. The van der Waals surface area contributed by atoms with Crippen LogP contribution in [0.1, 0.15) is 0 Å². The zero-order valence-electron chi connectivity index (χ0n) is 4.47. The number of halogens is 1. The van der Waals surface area contributed by atoms with Crippen molar-refractivity contribution in [1.82, 2.24) is 0 Å². The van der Waals surface area contributed by atoms with Gasteiger partial charge >= 0.3 is 0 Å². The van der Waals surface area contributed by atoms with Crippen LogP contribution in [0.2, 0.25) is 0 Å². The van der Waals surface area contributed by atoms with Gasteiger partial charge in [-0.15, -0.1) is 0 Å². The van der Waals surface area contributed by atoms with Crippen molar-refractivity contribution in [3.8, 4) is 0 Å². The van der Waals surface area contributed by atoms with E-state index in [1.165, 1.54) is 0 Å². The van der Waals surface area contributed by atoms with Crippen LogP contribution in [0.15, 0.2) is 24.3 Å². The van der Waals surface area contributed by atoms with E-state index in [9.17, 15) is 0 Å². The van der Waals surface area contributed by atoms with Gasteiger partial charge in [0.25, 0.3) is 0 Å². The summed E-state index contributed by atoms with van der Waals surface area (Å²) in [6.07, 6.45) is 8.50. The minimum absolute atomic E-state index is 0. The first-order valence-corrected chi connectivity index (χ1v) is 3.46. The molecule has 2 heteroatoms. The van der Waals surface area contributed by atoms with Gasteiger partial charge in [-0.05, 0) is 0 Å². The second-order valence-electron chi connectivity index (χ2n) is 1.59. The van der Waals surface area contributed by atoms with E-state index in [4.69, 9.17) is 0 Å². The summed E-state index contributed by atoms with van der Waals surface area (Å²) in [5, 5.41) is 1.06. The van der Waals surface area contributed by atoms with Gasteiger partial charge < -0.3 is 0 Å². The minimum Gasteiger partial charge on any atom is -0.0918 e. The Morgan fingerprint density at radius 2 is 1.75 bits per heavy atom. The number of alkyl halides is 1. The van der Waals surface area contributed by atoms with Crippen molar-refractivity contribution in [2.45, 2.75) is 0 Å². The first-order valence-electron chi connectivity index (χ1n) is 2.34. The van der Waals surface area contributed by atoms with Gasteiger partial charge in [-0.2, -0.15) is 0 Å². The van der Waals surface area contributed by atoms with Crippen LogP contribution in [-0.2, 0) is 26.2 Å². The fraction of sp³-hybridized carbons (Fsp3) is 0.333. The molecule has 0 N–H and O–H groups in total. The van der Waals surface area contributed by atoms with Crippen LogP contribution in [0.4, 0.5) is 0 Å². The SMILES string of the molecule is BrCC1C=CC=C1.[Zr]. The maximum absolute atomic E-state index is 3.37. The van der Waals surface area contributed by atoms with E-state index in [1.54, 1.807) is 0 Å². The van der Waals surface area contributed by atoms with Crippen molar-refractivity contribution >= 4 is 15.9 Å². The Kier molecular flexibility index (Phi) is 5.19. The predicted molar refractivity (Wildman–Crippen MR) is 35.6 cm³/mol. The van der Waals surface area contributed by atoms with E-state index in [0.29, 0.717) is 5.92 Å². The average molecular weight is 250 g/mol. The molecule has 0 heterocycles. The molecular formula is C6H7BrZr. The summed E-state index contributed by atoms with van der Waals surface area (Å²) >= 11 is 3.37. The molecule has 0 aromatic heterocycles. The molecule has 0 atom stereocenters. The fourth-order valence-electron chi connectivity index (χ4n) is 0.581. The van der Waals surface area contributed by atoms with Crippen LogP contribution in [0.3, 0.4) is 0 Å². The molecule has 0 nitrogen and oxygen atoms in total. The maximum atomic E-state index is 3.37. The molecule has 1 rings (SSSR count). The van der Waals surface area contributed by atoms with E-state index >= 15 is 0 Å². The van der Waals surface area contributed by atoms with Crippen LogP contribution in [0.5, 0.6) is 0 Å². The summed E-state index contributed by atoms with van der Waals surface area (Å²) in [5.41, 5.74) is 0. The molecule has 0 fully saturated rings. The van der Waals surface area contributed by atoms with Gasteiger partial charge in [0.05, 0.1) is 0 Å². The summed E-state index contributed by atoms with van der Waals surface area (Å²) in [7, 11) is 0. The molecule has 0 aromatic carbocycles. The maximum Gasteiger partial charge on any atom is 0.0129 e. The molecule has 0 amide bonds. The normalized spacial score (nSPS) is 16.6. The molecule has 42 valence electrons. The van der Waals surface area contributed by atoms with Crippen LogP contribution < -0.4 is 0 Å². The molecule has 0 spiro atoms. The second-order valence-corrected chi connectivity index (χ2v) is 2.24. The van der Waals surface area contributed by atoms with E-state index in [0.717, 1.165) is 5.33 Å². The zero-order chi connectivity index (χ0) is 5.11. The van der Waals surface area contributed by atoms with Gasteiger partial charge in [-0.1, -0.05) is 40.2 Å². The van der Waals surface area contributed by atoms with Gasteiger partial charge in [0.15, 0.2) is 0 Å². The van der Waals surface area contributed by atoms with Crippen LogP contribution in [0.25, 0.3) is 0 Å². The summed E-state index contributed by atoms with van der Waals surface area (Å²) < 4.78 is 0. The molecule has 0 unspecified atom stereocenters. The molecule has 1 aliphatic rings. The third-order valence-electron chi connectivity index (χ3n) is 1.01. The van der Waals surface area contributed by atoms with Gasteiger partial charge in [-0.3, -0.25) is 0 Å². The van der Waals surface area contributed by atoms with Crippen molar-refractivity contribution in [3.05, 3.63) is 24.3 Å². The largest absolute Gasteiger partial charge is 0.0918 e. The van der Waals surface area contributed by atoms with Gasteiger partial charge in [-0.25, -0.2) is 0 Å². The first kappa shape index (κ1) is 8.84. The van der Waals surface area contributed by atoms with Gasteiger partial charge in [0.1, 0.15) is 0 Å². The number of rotatable bonds is 1. The standard InChI is InChI=1S/C6H7Br.Zr/c7-5-6-3-1-2-4-6;/h1-4,6H,5H2;. The van der Waals surface area contributed by atoms with E-state index in [1.807, 2.05) is 0 Å². The molecule has 8 heavy (non-hydrogen) atoms. The van der Waals surface area contributed by atoms with Crippen molar-refractivity contribution in [1.29, 1.82) is 0 Å². The zero-order valence-corrected chi connectivity index (χ0v) is 8.52. The predicted octanol–water partition coefficient (Wildman–Crippen LogP) is 2.12. The van der Waals surface area contributed by atoms with E-state index in [2.05, 4.69) is 40.2 Å². The van der Waals surface area contributed by atoms with Crippen molar-refractivity contribution in [3.63, 3.8) is 0 Å². The molecule has 0 saturated heterocycles. The Balaban J connectivity index is 0.000000490. The van der Waals surface area contributed by atoms with Crippen LogP contribution >= 0.6 is 15.9 Å². The van der Waals surface area contributed by atoms with Crippen LogP contribution in [-0.4, -0.2) is 5.33 Å². The van der Waals surface area contributed by atoms with Gasteiger partial charge in [0, 0.05) is 37.5 Å². The topological polar surface area (TPSA) is 0 Å². The quantitative estimate of drug-likeness (QED) is 0.625. The third kappa shape index (κ3) is 2.41. The summed E-state index contributed by atoms with van der Waals surface area (Å²) in [6, 6.07) is 0.